The second-order valence-corrected chi connectivity index (χ2v) is 6.94. The molecular formula is C22H10ClF2N3O3. The Bertz CT molecular complexity index is 1490. The van der Waals surface area contributed by atoms with Crippen molar-refractivity contribution in [2.45, 2.75) is 0 Å². The summed E-state index contributed by atoms with van der Waals surface area (Å²) < 4.78 is 30.1. The number of carbonyl (C=O) groups is 1. The van der Waals surface area contributed by atoms with Gasteiger partial charge in [0.2, 0.25) is 0 Å². The first-order valence-corrected chi connectivity index (χ1v) is 9.13. The molecule has 0 aliphatic rings. The number of halogens is 3. The second kappa shape index (κ2) is 7.63. The molecule has 2 aromatic carbocycles. The molecule has 0 saturated heterocycles. The molecule has 0 spiro atoms. The molecule has 0 radical (unpaired) electrons. The van der Waals surface area contributed by atoms with Crippen molar-refractivity contribution >= 4 is 28.5 Å². The van der Waals surface area contributed by atoms with Gasteiger partial charge in [0.05, 0.1) is 39.5 Å². The van der Waals surface area contributed by atoms with Crippen molar-refractivity contribution in [3.05, 3.63) is 86.7 Å². The number of benzene rings is 2. The summed E-state index contributed by atoms with van der Waals surface area (Å²) in [5.74, 6) is -3.57. The Balaban J connectivity index is 1.97. The van der Waals surface area contributed by atoms with E-state index in [1.54, 1.807) is 0 Å². The van der Waals surface area contributed by atoms with Gasteiger partial charge in [0.1, 0.15) is 17.3 Å². The van der Waals surface area contributed by atoms with Gasteiger partial charge in [-0.3, -0.25) is 4.79 Å². The molecule has 152 valence electrons. The third-order valence-corrected chi connectivity index (χ3v) is 4.95. The average molecular weight is 438 g/mol. The molecule has 0 amide bonds. The van der Waals surface area contributed by atoms with E-state index in [2.05, 4.69) is 9.97 Å². The minimum Gasteiger partial charge on any atom is -0.477 e. The summed E-state index contributed by atoms with van der Waals surface area (Å²) >= 11 is 6.16. The standard InChI is InChI=1S/C22H10ClF2N3O3/c23-12-5-4-10(9-26)6-11(12)16-8-18(29)20-17(28-16)7-13(24)19(21(20)25)14-2-1-3-15(27-14)22(30)31/h1-8H,(H,28,29)(H,30,31). The molecular weight excluding hydrogens is 428 g/mol. The number of H-pyrrole nitrogens is 1. The van der Waals surface area contributed by atoms with E-state index >= 15 is 4.39 Å². The molecule has 4 rings (SSSR count). The van der Waals surface area contributed by atoms with Crippen LogP contribution in [0.5, 0.6) is 0 Å². The second-order valence-electron chi connectivity index (χ2n) is 6.54. The molecule has 0 fully saturated rings. The van der Waals surface area contributed by atoms with Crippen LogP contribution in [0.4, 0.5) is 8.78 Å². The molecule has 2 aromatic heterocycles. The zero-order chi connectivity index (χ0) is 22.3. The first-order valence-electron chi connectivity index (χ1n) is 8.76. The van der Waals surface area contributed by atoms with Gasteiger partial charge in [0.25, 0.3) is 0 Å². The number of aromatic amines is 1. The zero-order valence-electron chi connectivity index (χ0n) is 15.4. The maximum absolute atomic E-state index is 15.2. The van der Waals surface area contributed by atoms with Crippen molar-refractivity contribution in [2.24, 2.45) is 0 Å². The van der Waals surface area contributed by atoms with E-state index in [0.29, 0.717) is 5.56 Å². The molecule has 0 unspecified atom stereocenters. The number of rotatable bonds is 3. The molecule has 0 saturated carbocycles. The van der Waals surface area contributed by atoms with Crippen LogP contribution in [0.25, 0.3) is 33.4 Å². The maximum atomic E-state index is 15.2. The summed E-state index contributed by atoms with van der Waals surface area (Å²) in [5.41, 5.74) is -1.37. The Hall–Kier alpha value is -4.09. The molecule has 6 nitrogen and oxygen atoms in total. The summed E-state index contributed by atoms with van der Waals surface area (Å²) in [6, 6.07) is 12.1. The van der Waals surface area contributed by atoms with Gasteiger partial charge in [-0.25, -0.2) is 18.6 Å². The smallest absolute Gasteiger partial charge is 0.354 e. The van der Waals surface area contributed by atoms with Crippen molar-refractivity contribution in [2.75, 3.05) is 0 Å². The van der Waals surface area contributed by atoms with E-state index < -0.39 is 39.7 Å². The van der Waals surface area contributed by atoms with Crippen LogP contribution in [-0.4, -0.2) is 21.0 Å². The molecule has 0 bridgehead atoms. The number of aromatic nitrogens is 2. The van der Waals surface area contributed by atoms with Gasteiger partial charge in [0.15, 0.2) is 5.43 Å². The van der Waals surface area contributed by atoms with Gasteiger partial charge in [-0.15, -0.1) is 0 Å². The predicted octanol–water partition coefficient (Wildman–Crippen LogP) is 4.76. The topological polar surface area (TPSA) is 107 Å². The molecule has 0 aliphatic carbocycles. The van der Waals surface area contributed by atoms with Gasteiger partial charge in [0, 0.05) is 16.7 Å². The van der Waals surface area contributed by atoms with E-state index in [4.69, 9.17) is 22.0 Å². The normalized spacial score (nSPS) is 10.8. The fourth-order valence-corrected chi connectivity index (χ4v) is 3.44. The Labute approximate surface area is 178 Å². The van der Waals surface area contributed by atoms with Crippen LogP contribution in [0.15, 0.2) is 53.3 Å². The number of nitrogens with zero attached hydrogens (tertiary/aromatic N) is 2. The zero-order valence-corrected chi connectivity index (χ0v) is 16.2. The van der Waals surface area contributed by atoms with Gasteiger partial charge < -0.3 is 10.1 Å². The number of pyridine rings is 2. The van der Waals surface area contributed by atoms with E-state index in [0.717, 1.165) is 12.1 Å². The molecule has 9 heteroatoms. The van der Waals surface area contributed by atoms with Crippen molar-refractivity contribution < 1.29 is 18.7 Å². The predicted molar refractivity (Wildman–Crippen MR) is 110 cm³/mol. The van der Waals surface area contributed by atoms with E-state index in [1.165, 1.54) is 36.4 Å². The quantitative estimate of drug-likeness (QED) is 0.480. The number of carboxylic acid groups (broad SMARTS) is 1. The lowest BCUT2D eigenvalue weighted by molar-refractivity contribution is 0.0690. The highest BCUT2D eigenvalue weighted by atomic mass is 35.5. The Morgan fingerprint density at radius 3 is 2.65 bits per heavy atom. The first-order chi connectivity index (χ1) is 14.8. The van der Waals surface area contributed by atoms with Crippen LogP contribution in [-0.2, 0) is 0 Å². The molecule has 31 heavy (non-hydrogen) atoms. The van der Waals surface area contributed by atoms with Gasteiger partial charge in [-0.2, -0.15) is 5.26 Å². The number of nitriles is 1. The van der Waals surface area contributed by atoms with Crippen molar-refractivity contribution in [1.29, 1.82) is 5.26 Å². The number of nitrogens with one attached hydrogen (secondary N) is 1. The summed E-state index contributed by atoms with van der Waals surface area (Å²) in [7, 11) is 0. The Morgan fingerprint density at radius 2 is 1.94 bits per heavy atom. The van der Waals surface area contributed by atoms with E-state index in [9.17, 15) is 14.0 Å². The van der Waals surface area contributed by atoms with Crippen LogP contribution in [0.1, 0.15) is 16.1 Å². The summed E-state index contributed by atoms with van der Waals surface area (Å²) in [5, 5.41) is 18.0. The summed E-state index contributed by atoms with van der Waals surface area (Å²) in [6.07, 6.45) is 0. The maximum Gasteiger partial charge on any atom is 0.354 e. The highest BCUT2D eigenvalue weighted by Gasteiger charge is 2.21. The lowest BCUT2D eigenvalue weighted by Crippen LogP contribution is -2.09. The third-order valence-electron chi connectivity index (χ3n) is 4.62. The van der Waals surface area contributed by atoms with Crippen molar-refractivity contribution in [3.63, 3.8) is 0 Å². The highest BCUT2D eigenvalue weighted by molar-refractivity contribution is 6.33. The largest absolute Gasteiger partial charge is 0.477 e. The third kappa shape index (κ3) is 3.52. The summed E-state index contributed by atoms with van der Waals surface area (Å²) in [4.78, 5) is 30.4. The van der Waals surface area contributed by atoms with Gasteiger partial charge in [-0.1, -0.05) is 17.7 Å². The Morgan fingerprint density at radius 1 is 1.16 bits per heavy atom. The lowest BCUT2D eigenvalue weighted by atomic mass is 10.0. The number of carboxylic acids is 1. The molecule has 2 N–H and O–H groups in total. The van der Waals surface area contributed by atoms with Crippen molar-refractivity contribution in [3.8, 4) is 28.6 Å². The van der Waals surface area contributed by atoms with Crippen LogP contribution in [0, 0.1) is 23.0 Å². The molecule has 2 heterocycles. The first kappa shape index (κ1) is 20.2. The number of fused-ring (bicyclic) bond motifs is 1. The molecule has 0 atom stereocenters. The highest BCUT2D eigenvalue weighted by Crippen LogP contribution is 2.32. The molecule has 0 aliphatic heterocycles. The SMILES string of the molecule is N#Cc1ccc(Cl)c(-c2cc(=O)c3c(F)c(-c4cccc(C(=O)O)n4)c(F)cc3[nH]2)c1. The molecule has 4 aromatic rings. The van der Waals surface area contributed by atoms with Gasteiger partial charge >= 0.3 is 5.97 Å². The van der Waals surface area contributed by atoms with E-state index in [1.807, 2.05) is 6.07 Å². The van der Waals surface area contributed by atoms with E-state index in [-0.39, 0.29) is 27.5 Å². The average Bonchev–Trinajstić information content (AvgIpc) is 2.73. The van der Waals surface area contributed by atoms with Crippen LogP contribution >= 0.6 is 11.6 Å². The number of hydrogen-bond donors (Lipinski definition) is 2. The number of hydrogen-bond acceptors (Lipinski definition) is 4. The van der Waals surface area contributed by atoms with Crippen LogP contribution < -0.4 is 5.43 Å². The fraction of sp³-hybridized carbons (Fsp3) is 0. The minimum atomic E-state index is -1.36. The van der Waals surface area contributed by atoms with Crippen LogP contribution in [0.3, 0.4) is 0 Å². The van der Waals surface area contributed by atoms with Gasteiger partial charge in [-0.05, 0) is 36.4 Å². The lowest BCUT2D eigenvalue weighted by Gasteiger charge is -2.11. The monoisotopic (exact) mass is 437 g/mol. The fourth-order valence-electron chi connectivity index (χ4n) is 3.22. The van der Waals surface area contributed by atoms with Crippen molar-refractivity contribution in [1.82, 2.24) is 9.97 Å². The summed E-state index contributed by atoms with van der Waals surface area (Å²) in [6.45, 7) is 0. The van der Waals surface area contributed by atoms with Crippen LogP contribution in [0.2, 0.25) is 5.02 Å². The Kier molecular flexibility index (Phi) is 4.97. The number of aromatic carboxylic acids is 1. The minimum absolute atomic E-state index is 0.130.